The van der Waals surface area contributed by atoms with Gasteiger partial charge in [0, 0.05) is 24.0 Å². The van der Waals surface area contributed by atoms with Crippen LogP contribution in [0.5, 0.6) is 5.75 Å². The number of H-pyrrole nitrogens is 1. The summed E-state index contributed by atoms with van der Waals surface area (Å²) in [6, 6.07) is 11.7. The van der Waals surface area contributed by atoms with Crippen LogP contribution in [0, 0.1) is 0 Å². The number of imidazole rings is 1. The summed E-state index contributed by atoms with van der Waals surface area (Å²) in [7, 11) is 1.66. The number of aromatic nitrogens is 4. The summed E-state index contributed by atoms with van der Waals surface area (Å²) < 4.78 is 7.09. The molecular formula is C19H19N5O2. The molecule has 26 heavy (non-hydrogen) atoms. The number of aromatic amines is 1. The van der Waals surface area contributed by atoms with E-state index in [0.717, 1.165) is 33.2 Å². The number of hydrogen-bond acceptors (Lipinski definition) is 5. The van der Waals surface area contributed by atoms with Crippen molar-refractivity contribution in [1.29, 1.82) is 0 Å². The molecule has 2 N–H and O–H groups in total. The topological polar surface area (TPSA) is 84.8 Å². The van der Waals surface area contributed by atoms with E-state index in [9.17, 15) is 4.79 Å². The Morgan fingerprint density at radius 1 is 1.23 bits per heavy atom. The lowest BCUT2D eigenvalue weighted by atomic mass is 10.2. The number of methoxy groups -OCH3 is 1. The second kappa shape index (κ2) is 6.51. The minimum absolute atomic E-state index is 0.116. The van der Waals surface area contributed by atoms with Gasteiger partial charge in [0.1, 0.15) is 17.9 Å². The molecular weight excluding hydrogens is 330 g/mol. The normalized spacial score (nSPS) is 11.2. The van der Waals surface area contributed by atoms with Gasteiger partial charge in [0.15, 0.2) is 0 Å². The minimum atomic E-state index is -0.116. The van der Waals surface area contributed by atoms with Gasteiger partial charge in [-0.05, 0) is 25.1 Å². The summed E-state index contributed by atoms with van der Waals surface area (Å²) in [5.41, 5.74) is 3.33. The van der Waals surface area contributed by atoms with Gasteiger partial charge in [0.25, 0.3) is 0 Å². The van der Waals surface area contributed by atoms with Crippen LogP contribution in [0.1, 0.15) is 12.5 Å². The third-order valence-electron chi connectivity index (χ3n) is 4.49. The fourth-order valence-corrected chi connectivity index (χ4v) is 3.19. The van der Waals surface area contributed by atoms with Gasteiger partial charge in [-0.2, -0.15) is 0 Å². The molecule has 2 aromatic carbocycles. The van der Waals surface area contributed by atoms with E-state index in [1.54, 1.807) is 11.7 Å². The Morgan fingerprint density at radius 2 is 2.08 bits per heavy atom. The molecule has 2 aromatic heterocycles. The second-order valence-corrected chi connectivity index (χ2v) is 5.95. The number of rotatable bonds is 5. The number of nitrogens with zero attached hydrogens (tertiary/aromatic N) is 3. The summed E-state index contributed by atoms with van der Waals surface area (Å²) in [4.78, 5) is 23.7. The van der Waals surface area contributed by atoms with Crippen molar-refractivity contribution in [3.63, 3.8) is 0 Å². The predicted octanol–water partition coefficient (Wildman–Crippen LogP) is 2.91. The van der Waals surface area contributed by atoms with Crippen LogP contribution < -0.4 is 15.7 Å². The number of anilines is 1. The molecule has 4 aromatic rings. The van der Waals surface area contributed by atoms with Gasteiger partial charge >= 0.3 is 5.69 Å². The van der Waals surface area contributed by atoms with Crippen LogP contribution in [0.15, 0.2) is 47.5 Å². The quantitative estimate of drug-likeness (QED) is 0.579. The fraction of sp³-hybridized carbons (Fsp3) is 0.211. The monoisotopic (exact) mass is 349 g/mol. The fourth-order valence-electron chi connectivity index (χ4n) is 3.19. The van der Waals surface area contributed by atoms with E-state index in [2.05, 4.69) is 20.3 Å². The highest BCUT2D eigenvalue weighted by atomic mass is 16.5. The average Bonchev–Trinajstić information content (AvgIpc) is 2.98. The van der Waals surface area contributed by atoms with E-state index in [4.69, 9.17) is 4.74 Å². The Balaban J connectivity index is 1.76. The summed E-state index contributed by atoms with van der Waals surface area (Å²) in [5, 5.41) is 4.21. The standard InChI is InChI=1S/C19H19N5O2/c1-3-24-16-9-14-13(8-15(16)23-19(24)25)18(22-11-21-14)20-10-12-6-4-5-7-17(12)26-2/h4-9,11H,3,10H2,1-2H3,(H,23,25)(H,20,21,22). The van der Waals surface area contributed by atoms with Crippen LogP contribution >= 0.6 is 0 Å². The van der Waals surface area contributed by atoms with E-state index >= 15 is 0 Å². The Hall–Kier alpha value is -3.35. The number of hydrogen-bond donors (Lipinski definition) is 2. The lowest BCUT2D eigenvalue weighted by Crippen LogP contribution is -2.14. The van der Waals surface area contributed by atoms with Gasteiger partial charge in [0.2, 0.25) is 0 Å². The van der Waals surface area contributed by atoms with Crippen molar-refractivity contribution in [2.75, 3.05) is 12.4 Å². The van der Waals surface area contributed by atoms with Gasteiger partial charge < -0.3 is 15.0 Å². The first-order valence-corrected chi connectivity index (χ1v) is 8.44. The van der Waals surface area contributed by atoms with Crippen LogP contribution in [-0.2, 0) is 13.1 Å². The first kappa shape index (κ1) is 16.1. The van der Waals surface area contributed by atoms with Crippen molar-refractivity contribution < 1.29 is 4.74 Å². The first-order chi connectivity index (χ1) is 12.7. The molecule has 0 amide bonds. The molecule has 0 atom stereocenters. The molecule has 7 heteroatoms. The smallest absolute Gasteiger partial charge is 0.326 e. The van der Waals surface area contributed by atoms with Crippen molar-refractivity contribution in [2.24, 2.45) is 0 Å². The number of nitrogens with one attached hydrogen (secondary N) is 2. The molecule has 4 rings (SSSR count). The highest BCUT2D eigenvalue weighted by Gasteiger charge is 2.11. The summed E-state index contributed by atoms with van der Waals surface area (Å²) in [5.74, 6) is 1.54. The van der Waals surface area contributed by atoms with E-state index in [1.165, 1.54) is 6.33 Å². The first-order valence-electron chi connectivity index (χ1n) is 8.44. The van der Waals surface area contributed by atoms with Crippen molar-refractivity contribution >= 4 is 27.8 Å². The van der Waals surface area contributed by atoms with Crippen LogP contribution in [0.2, 0.25) is 0 Å². The van der Waals surface area contributed by atoms with Gasteiger partial charge in [-0.25, -0.2) is 14.8 Å². The molecule has 0 aliphatic heterocycles. The molecule has 7 nitrogen and oxygen atoms in total. The zero-order chi connectivity index (χ0) is 18.1. The SMILES string of the molecule is CCn1c(=O)[nH]c2cc3c(NCc4ccccc4OC)ncnc3cc21. The molecule has 132 valence electrons. The van der Waals surface area contributed by atoms with Crippen LogP contribution in [-0.4, -0.2) is 26.6 Å². The number of fused-ring (bicyclic) bond motifs is 2. The molecule has 0 unspecified atom stereocenters. The van der Waals surface area contributed by atoms with Crippen LogP contribution in [0.4, 0.5) is 5.82 Å². The van der Waals surface area contributed by atoms with E-state index in [1.807, 2.05) is 43.3 Å². The number of ether oxygens (including phenoxy) is 1. The molecule has 0 spiro atoms. The predicted molar refractivity (Wildman–Crippen MR) is 102 cm³/mol. The molecule has 0 fully saturated rings. The second-order valence-electron chi connectivity index (χ2n) is 5.95. The van der Waals surface area contributed by atoms with E-state index < -0.39 is 0 Å². The highest BCUT2D eigenvalue weighted by molar-refractivity contribution is 5.98. The number of benzene rings is 2. The van der Waals surface area contributed by atoms with E-state index in [-0.39, 0.29) is 5.69 Å². The Labute approximate surface area is 149 Å². The maximum atomic E-state index is 12.1. The number of aryl methyl sites for hydroxylation is 1. The lowest BCUT2D eigenvalue weighted by molar-refractivity contribution is 0.410. The van der Waals surface area contributed by atoms with Crippen molar-refractivity contribution in [2.45, 2.75) is 20.0 Å². The third kappa shape index (κ3) is 2.67. The molecule has 0 aliphatic rings. The van der Waals surface area contributed by atoms with Gasteiger partial charge in [0.05, 0.1) is 23.7 Å². The summed E-state index contributed by atoms with van der Waals surface area (Å²) >= 11 is 0. The Kier molecular flexibility index (Phi) is 4.04. The maximum Gasteiger partial charge on any atom is 0.326 e. The van der Waals surface area contributed by atoms with Gasteiger partial charge in [-0.3, -0.25) is 4.57 Å². The van der Waals surface area contributed by atoms with Crippen molar-refractivity contribution in [3.8, 4) is 5.75 Å². The van der Waals surface area contributed by atoms with E-state index in [0.29, 0.717) is 18.9 Å². The Morgan fingerprint density at radius 3 is 2.88 bits per heavy atom. The molecule has 0 radical (unpaired) electrons. The third-order valence-corrected chi connectivity index (χ3v) is 4.49. The molecule has 0 saturated heterocycles. The molecule has 0 aliphatic carbocycles. The van der Waals surface area contributed by atoms with Crippen molar-refractivity contribution in [3.05, 3.63) is 58.8 Å². The zero-order valence-corrected chi connectivity index (χ0v) is 14.6. The van der Waals surface area contributed by atoms with Crippen molar-refractivity contribution in [1.82, 2.24) is 19.5 Å². The van der Waals surface area contributed by atoms with Crippen LogP contribution in [0.3, 0.4) is 0 Å². The summed E-state index contributed by atoms with van der Waals surface area (Å²) in [6.07, 6.45) is 1.53. The zero-order valence-electron chi connectivity index (χ0n) is 14.6. The van der Waals surface area contributed by atoms with Gasteiger partial charge in [-0.1, -0.05) is 18.2 Å². The van der Waals surface area contributed by atoms with Gasteiger partial charge in [-0.15, -0.1) is 0 Å². The molecule has 2 heterocycles. The molecule has 0 bridgehead atoms. The lowest BCUT2D eigenvalue weighted by Gasteiger charge is -2.11. The highest BCUT2D eigenvalue weighted by Crippen LogP contribution is 2.25. The largest absolute Gasteiger partial charge is 0.496 e. The molecule has 0 saturated carbocycles. The minimum Gasteiger partial charge on any atom is -0.496 e. The maximum absolute atomic E-state index is 12.1. The number of para-hydroxylation sites is 1. The summed E-state index contributed by atoms with van der Waals surface area (Å²) in [6.45, 7) is 3.12. The average molecular weight is 349 g/mol. The Bertz CT molecular complexity index is 1150. The van der Waals surface area contributed by atoms with Crippen LogP contribution in [0.25, 0.3) is 21.9 Å².